The zero-order chi connectivity index (χ0) is 16.9. The minimum absolute atomic E-state index is 0.162. The fourth-order valence-electron chi connectivity index (χ4n) is 2.14. The molecule has 0 aliphatic heterocycles. The zero-order valence-electron chi connectivity index (χ0n) is 12.4. The summed E-state index contributed by atoms with van der Waals surface area (Å²) in [6.07, 6.45) is -5.52. The fourth-order valence-corrected chi connectivity index (χ4v) is 2.14. The zero-order valence-corrected chi connectivity index (χ0v) is 12.4. The molecule has 0 aromatic heterocycles. The summed E-state index contributed by atoms with van der Waals surface area (Å²) >= 11 is 0. The third-order valence-electron chi connectivity index (χ3n) is 3.39. The van der Waals surface area contributed by atoms with E-state index in [1.165, 1.54) is 12.1 Å². The van der Waals surface area contributed by atoms with Crippen LogP contribution in [-0.4, -0.2) is 11.3 Å². The molecule has 3 nitrogen and oxygen atoms in total. The first kappa shape index (κ1) is 17.1. The number of benzene rings is 2. The van der Waals surface area contributed by atoms with Crippen LogP contribution in [0.25, 0.3) is 0 Å². The molecule has 0 amide bonds. The van der Waals surface area contributed by atoms with Crippen LogP contribution in [0.15, 0.2) is 48.5 Å². The van der Waals surface area contributed by atoms with Crippen LogP contribution in [0.3, 0.4) is 0 Å². The average molecular weight is 325 g/mol. The SMILES string of the molecule is N[C@H](CCC(F)(F)F)c1ccc(OCc2ccccc2)cc1O. The molecular formula is C17H18F3NO2. The van der Waals surface area contributed by atoms with Crippen LogP contribution < -0.4 is 10.5 Å². The lowest BCUT2D eigenvalue weighted by atomic mass is 10.0. The molecule has 1 atom stereocenters. The van der Waals surface area contributed by atoms with Gasteiger partial charge in [0.2, 0.25) is 0 Å². The maximum absolute atomic E-state index is 12.2. The number of rotatable bonds is 6. The van der Waals surface area contributed by atoms with E-state index >= 15 is 0 Å². The first-order valence-electron chi connectivity index (χ1n) is 7.17. The Labute approximate surface area is 132 Å². The van der Waals surface area contributed by atoms with Gasteiger partial charge in [-0.05, 0) is 18.1 Å². The number of alkyl halides is 3. The lowest BCUT2D eigenvalue weighted by molar-refractivity contribution is -0.136. The molecule has 3 N–H and O–H groups in total. The van der Waals surface area contributed by atoms with Gasteiger partial charge in [-0.2, -0.15) is 13.2 Å². The lowest BCUT2D eigenvalue weighted by Gasteiger charge is -2.16. The number of aromatic hydroxyl groups is 1. The van der Waals surface area contributed by atoms with Gasteiger partial charge in [-0.25, -0.2) is 0 Å². The van der Waals surface area contributed by atoms with Crippen molar-refractivity contribution < 1.29 is 23.0 Å². The van der Waals surface area contributed by atoms with Gasteiger partial charge in [0, 0.05) is 24.1 Å². The standard InChI is InChI=1S/C17H18F3NO2/c18-17(19,20)9-8-15(21)14-7-6-13(10-16(14)22)23-11-12-4-2-1-3-5-12/h1-7,10,15,22H,8-9,11,21H2/t15-/m1/s1. The summed E-state index contributed by atoms with van der Waals surface area (Å²) in [4.78, 5) is 0. The number of hydrogen-bond donors (Lipinski definition) is 2. The van der Waals surface area contributed by atoms with Gasteiger partial charge >= 0.3 is 6.18 Å². The molecule has 0 fully saturated rings. The van der Waals surface area contributed by atoms with Crippen LogP contribution in [-0.2, 0) is 6.61 Å². The molecule has 0 bridgehead atoms. The van der Waals surface area contributed by atoms with Crippen molar-refractivity contribution in [2.75, 3.05) is 0 Å². The van der Waals surface area contributed by atoms with E-state index in [9.17, 15) is 18.3 Å². The molecule has 0 saturated carbocycles. The number of phenolic OH excluding ortho intramolecular Hbond substituents is 1. The van der Waals surface area contributed by atoms with E-state index in [0.29, 0.717) is 12.4 Å². The van der Waals surface area contributed by atoms with E-state index in [-0.39, 0.29) is 17.7 Å². The van der Waals surface area contributed by atoms with E-state index in [4.69, 9.17) is 10.5 Å². The highest BCUT2D eigenvalue weighted by Crippen LogP contribution is 2.32. The predicted molar refractivity (Wildman–Crippen MR) is 81.1 cm³/mol. The largest absolute Gasteiger partial charge is 0.507 e. The van der Waals surface area contributed by atoms with Crippen molar-refractivity contribution in [2.45, 2.75) is 31.7 Å². The van der Waals surface area contributed by atoms with E-state index in [0.717, 1.165) is 5.56 Å². The fraction of sp³-hybridized carbons (Fsp3) is 0.294. The van der Waals surface area contributed by atoms with Crippen molar-refractivity contribution in [3.8, 4) is 11.5 Å². The molecule has 6 heteroatoms. The first-order valence-corrected chi connectivity index (χ1v) is 7.17. The summed E-state index contributed by atoms with van der Waals surface area (Å²) in [7, 11) is 0. The van der Waals surface area contributed by atoms with Gasteiger partial charge < -0.3 is 15.6 Å². The molecule has 2 aromatic rings. The molecule has 0 heterocycles. The molecular weight excluding hydrogens is 307 g/mol. The molecule has 0 radical (unpaired) electrons. The quantitative estimate of drug-likeness (QED) is 0.832. The van der Waals surface area contributed by atoms with E-state index in [1.807, 2.05) is 30.3 Å². The second-order valence-corrected chi connectivity index (χ2v) is 5.26. The Kier molecular flexibility index (Phi) is 5.50. The smallest absolute Gasteiger partial charge is 0.389 e. The van der Waals surface area contributed by atoms with Crippen LogP contribution in [0.2, 0.25) is 0 Å². The minimum Gasteiger partial charge on any atom is -0.507 e. The van der Waals surface area contributed by atoms with E-state index < -0.39 is 18.6 Å². The maximum atomic E-state index is 12.2. The Hall–Kier alpha value is -2.21. The summed E-state index contributed by atoms with van der Waals surface area (Å²) in [6, 6.07) is 13.1. The molecule has 0 aliphatic carbocycles. The molecule has 0 saturated heterocycles. The molecule has 2 aromatic carbocycles. The van der Waals surface area contributed by atoms with Crippen LogP contribution in [0.1, 0.15) is 30.0 Å². The van der Waals surface area contributed by atoms with Crippen LogP contribution >= 0.6 is 0 Å². The highest BCUT2D eigenvalue weighted by atomic mass is 19.4. The van der Waals surface area contributed by atoms with E-state index in [2.05, 4.69) is 0 Å². The van der Waals surface area contributed by atoms with Gasteiger partial charge in [0.1, 0.15) is 18.1 Å². The Balaban J connectivity index is 1.97. The average Bonchev–Trinajstić information content (AvgIpc) is 2.51. The Bertz CT molecular complexity index is 629. The summed E-state index contributed by atoms with van der Waals surface area (Å²) in [5, 5.41) is 9.95. The van der Waals surface area contributed by atoms with Gasteiger partial charge in [0.15, 0.2) is 0 Å². The number of nitrogens with two attached hydrogens (primary N) is 1. The van der Waals surface area contributed by atoms with Gasteiger partial charge in [-0.3, -0.25) is 0 Å². The summed E-state index contributed by atoms with van der Waals surface area (Å²) in [5.41, 5.74) is 6.97. The molecule has 0 unspecified atom stereocenters. The van der Waals surface area contributed by atoms with Crippen molar-refractivity contribution in [1.82, 2.24) is 0 Å². The minimum atomic E-state index is -4.26. The highest BCUT2D eigenvalue weighted by Gasteiger charge is 2.28. The molecule has 0 aliphatic rings. The normalized spacial score (nSPS) is 12.9. The van der Waals surface area contributed by atoms with Crippen LogP contribution in [0.5, 0.6) is 11.5 Å². The molecule has 0 spiro atoms. The first-order chi connectivity index (χ1) is 10.8. The van der Waals surface area contributed by atoms with Crippen molar-refractivity contribution in [3.63, 3.8) is 0 Å². The van der Waals surface area contributed by atoms with Crippen molar-refractivity contribution in [3.05, 3.63) is 59.7 Å². The number of ether oxygens (including phenoxy) is 1. The predicted octanol–water partition coefficient (Wildman–Crippen LogP) is 4.31. The maximum Gasteiger partial charge on any atom is 0.389 e. The van der Waals surface area contributed by atoms with Gasteiger partial charge in [0.05, 0.1) is 0 Å². The molecule has 23 heavy (non-hydrogen) atoms. The van der Waals surface area contributed by atoms with Crippen LogP contribution in [0.4, 0.5) is 13.2 Å². The van der Waals surface area contributed by atoms with Crippen molar-refractivity contribution >= 4 is 0 Å². The third kappa shape index (κ3) is 5.49. The number of phenols is 1. The highest BCUT2D eigenvalue weighted by molar-refractivity contribution is 5.41. The van der Waals surface area contributed by atoms with Crippen LogP contribution in [0, 0.1) is 0 Å². The van der Waals surface area contributed by atoms with Crippen molar-refractivity contribution in [2.24, 2.45) is 5.73 Å². The van der Waals surface area contributed by atoms with E-state index in [1.54, 1.807) is 6.07 Å². The number of hydrogen-bond acceptors (Lipinski definition) is 3. The summed E-state index contributed by atoms with van der Waals surface area (Å²) < 4.78 is 42.2. The summed E-state index contributed by atoms with van der Waals surface area (Å²) in [6.45, 7) is 0.333. The monoisotopic (exact) mass is 325 g/mol. The number of halogens is 3. The Morgan fingerprint density at radius 1 is 1.09 bits per heavy atom. The second-order valence-electron chi connectivity index (χ2n) is 5.26. The van der Waals surface area contributed by atoms with Gasteiger partial charge in [0.25, 0.3) is 0 Å². The Morgan fingerprint density at radius 2 is 1.78 bits per heavy atom. The summed E-state index contributed by atoms with van der Waals surface area (Å²) in [5.74, 6) is 0.267. The molecule has 124 valence electrons. The second kappa shape index (κ2) is 7.37. The Morgan fingerprint density at radius 3 is 2.39 bits per heavy atom. The van der Waals surface area contributed by atoms with Gasteiger partial charge in [-0.1, -0.05) is 36.4 Å². The topological polar surface area (TPSA) is 55.5 Å². The molecule has 2 rings (SSSR count). The van der Waals surface area contributed by atoms with Crippen molar-refractivity contribution in [1.29, 1.82) is 0 Å². The lowest BCUT2D eigenvalue weighted by Crippen LogP contribution is -2.16. The third-order valence-corrected chi connectivity index (χ3v) is 3.39. The van der Waals surface area contributed by atoms with Gasteiger partial charge in [-0.15, -0.1) is 0 Å².